The molecule has 1 aromatic heterocycles. The molecule has 0 saturated carbocycles. The van der Waals surface area contributed by atoms with Gasteiger partial charge in [0.05, 0.1) is 0 Å². The Hall–Kier alpha value is -1.82. The van der Waals surface area contributed by atoms with Crippen LogP contribution in [0.3, 0.4) is 0 Å². The van der Waals surface area contributed by atoms with Crippen molar-refractivity contribution in [1.29, 1.82) is 0 Å². The van der Waals surface area contributed by atoms with E-state index in [0.29, 0.717) is 24.1 Å². The lowest BCUT2D eigenvalue weighted by Gasteiger charge is -2.31. The van der Waals surface area contributed by atoms with E-state index in [1.807, 2.05) is 0 Å². The molecule has 6 nitrogen and oxygen atoms in total. The Balaban J connectivity index is 1.95. The third-order valence-corrected chi connectivity index (χ3v) is 3.48. The normalized spacial score (nSPS) is 21.3. The van der Waals surface area contributed by atoms with Crippen LogP contribution in [0.5, 0.6) is 5.88 Å². The van der Waals surface area contributed by atoms with Crippen LogP contribution in [0.2, 0.25) is 0 Å². The lowest BCUT2D eigenvalue weighted by Crippen LogP contribution is -2.40. The first-order valence-electron chi connectivity index (χ1n) is 6.47. The zero-order valence-electron chi connectivity index (χ0n) is 11.1. The van der Waals surface area contributed by atoms with E-state index in [2.05, 4.69) is 22.1 Å². The van der Waals surface area contributed by atoms with Gasteiger partial charge in [0.25, 0.3) is 0 Å². The molecule has 1 aromatic rings. The highest BCUT2D eigenvalue weighted by molar-refractivity contribution is 5.97. The zero-order valence-corrected chi connectivity index (χ0v) is 11.1. The topological polar surface area (TPSA) is 84.0 Å². The first-order valence-corrected chi connectivity index (χ1v) is 6.47. The molecule has 0 bridgehead atoms. The third kappa shape index (κ3) is 3.57. The van der Waals surface area contributed by atoms with Gasteiger partial charge in [0.2, 0.25) is 5.88 Å². The number of pyridine rings is 1. The van der Waals surface area contributed by atoms with Crippen LogP contribution >= 0.6 is 0 Å². The Morgan fingerprint density at radius 2 is 2.47 bits per heavy atom. The van der Waals surface area contributed by atoms with Gasteiger partial charge in [-0.1, -0.05) is 11.6 Å². The van der Waals surface area contributed by atoms with Crippen molar-refractivity contribution in [3.8, 4) is 5.88 Å². The highest BCUT2D eigenvalue weighted by Gasteiger charge is 2.19. The van der Waals surface area contributed by atoms with Crippen LogP contribution in [0.15, 0.2) is 23.5 Å². The van der Waals surface area contributed by atoms with Crippen LogP contribution in [0, 0.1) is 0 Å². The van der Waals surface area contributed by atoms with E-state index in [1.165, 1.54) is 12.8 Å². The molecule has 6 heteroatoms. The summed E-state index contributed by atoms with van der Waals surface area (Å²) in [6.07, 6.45) is 5.24. The van der Waals surface area contributed by atoms with Gasteiger partial charge < -0.3 is 20.6 Å². The smallest absolute Gasteiger partial charge is 0.213 e. The van der Waals surface area contributed by atoms with Gasteiger partial charge in [0.15, 0.2) is 5.84 Å². The van der Waals surface area contributed by atoms with Gasteiger partial charge in [-0.05, 0) is 32.5 Å². The number of aromatic nitrogens is 1. The summed E-state index contributed by atoms with van der Waals surface area (Å²) in [4.78, 5) is 6.45. The van der Waals surface area contributed by atoms with Crippen molar-refractivity contribution in [2.24, 2.45) is 10.9 Å². The maximum atomic E-state index is 8.64. The lowest BCUT2D eigenvalue weighted by molar-refractivity contribution is 0.122. The lowest BCUT2D eigenvalue weighted by atomic mass is 10.0. The predicted molar refractivity (Wildman–Crippen MR) is 72.5 cm³/mol. The molecule has 0 spiro atoms. The van der Waals surface area contributed by atoms with Gasteiger partial charge in [-0.2, -0.15) is 0 Å². The second-order valence-corrected chi connectivity index (χ2v) is 4.81. The van der Waals surface area contributed by atoms with E-state index in [-0.39, 0.29) is 5.84 Å². The van der Waals surface area contributed by atoms with Crippen molar-refractivity contribution in [1.82, 2.24) is 9.88 Å². The van der Waals surface area contributed by atoms with Crippen molar-refractivity contribution in [3.63, 3.8) is 0 Å². The maximum absolute atomic E-state index is 8.64. The van der Waals surface area contributed by atoms with Crippen LogP contribution in [0.25, 0.3) is 0 Å². The Bertz CT molecular complexity index is 450. The molecular weight excluding hydrogens is 244 g/mol. The molecule has 0 radical (unpaired) electrons. The van der Waals surface area contributed by atoms with Crippen LogP contribution in [-0.2, 0) is 0 Å². The van der Waals surface area contributed by atoms with Gasteiger partial charge in [-0.25, -0.2) is 4.98 Å². The molecule has 3 N–H and O–H groups in total. The Labute approximate surface area is 112 Å². The van der Waals surface area contributed by atoms with Crippen LogP contribution in [-0.4, -0.2) is 47.2 Å². The zero-order chi connectivity index (χ0) is 13.7. The number of hydrogen-bond donors (Lipinski definition) is 2. The van der Waals surface area contributed by atoms with E-state index in [0.717, 1.165) is 13.0 Å². The minimum Gasteiger partial charge on any atom is -0.476 e. The fourth-order valence-electron chi connectivity index (χ4n) is 2.24. The Morgan fingerprint density at radius 1 is 1.63 bits per heavy atom. The molecule has 1 saturated heterocycles. The van der Waals surface area contributed by atoms with Crippen molar-refractivity contribution >= 4 is 5.84 Å². The van der Waals surface area contributed by atoms with E-state index in [4.69, 9.17) is 15.7 Å². The first kappa shape index (κ1) is 13.6. The number of likely N-dealkylation sites (N-methyl/N-ethyl adjacent to an activating group) is 1. The summed E-state index contributed by atoms with van der Waals surface area (Å²) in [6.45, 7) is 1.73. The fourth-order valence-corrected chi connectivity index (χ4v) is 2.24. The van der Waals surface area contributed by atoms with E-state index in [9.17, 15) is 0 Å². The third-order valence-electron chi connectivity index (χ3n) is 3.48. The fraction of sp³-hybridized carbons (Fsp3) is 0.538. The molecule has 104 valence electrons. The van der Waals surface area contributed by atoms with E-state index in [1.54, 1.807) is 18.3 Å². The van der Waals surface area contributed by atoms with Gasteiger partial charge in [0.1, 0.15) is 6.61 Å². The molecule has 2 rings (SSSR count). The van der Waals surface area contributed by atoms with Crippen molar-refractivity contribution in [2.75, 3.05) is 20.2 Å². The largest absolute Gasteiger partial charge is 0.476 e. The summed E-state index contributed by atoms with van der Waals surface area (Å²) in [5.41, 5.74) is 6.13. The van der Waals surface area contributed by atoms with Gasteiger partial charge >= 0.3 is 0 Å². The molecule has 1 aliphatic rings. The predicted octanol–water partition coefficient (Wildman–Crippen LogP) is 1.04. The average Bonchev–Trinajstić information content (AvgIpc) is 2.46. The molecule has 1 fully saturated rings. The quantitative estimate of drug-likeness (QED) is 0.367. The SMILES string of the molecule is CN1CCCCC1COc1cc(C(N)=NO)ccn1. The number of rotatable bonds is 4. The van der Waals surface area contributed by atoms with Crippen LogP contribution in [0.4, 0.5) is 0 Å². The molecule has 0 amide bonds. The molecule has 19 heavy (non-hydrogen) atoms. The van der Waals surface area contributed by atoms with Crippen LogP contribution in [0.1, 0.15) is 24.8 Å². The minimum atomic E-state index is 0.0574. The Morgan fingerprint density at radius 3 is 3.21 bits per heavy atom. The monoisotopic (exact) mass is 264 g/mol. The van der Waals surface area contributed by atoms with Gasteiger partial charge in [0, 0.05) is 23.9 Å². The van der Waals surface area contributed by atoms with Gasteiger partial charge in [-0.15, -0.1) is 0 Å². The summed E-state index contributed by atoms with van der Waals surface area (Å²) >= 11 is 0. The van der Waals surface area contributed by atoms with Crippen molar-refractivity contribution in [3.05, 3.63) is 23.9 Å². The first-order chi connectivity index (χ1) is 9.20. The number of piperidine rings is 1. The number of likely N-dealkylation sites (tertiary alicyclic amines) is 1. The maximum Gasteiger partial charge on any atom is 0.213 e. The highest BCUT2D eigenvalue weighted by Crippen LogP contribution is 2.17. The number of ether oxygens (including phenoxy) is 1. The van der Waals surface area contributed by atoms with E-state index >= 15 is 0 Å². The number of hydrogen-bond acceptors (Lipinski definition) is 5. The molecule has 0 aromatic carbocycles. The second-order valence-electron chi connectivity index (χ2n) is 4.81. The minimum absolute atomic E-state index is 0.0574. The number of oxime groups is 1. The molecule has 2 heterocycles. The molecular formula is C13H20N4O2. The Kier molecular flexibility index (Phi) is 4.57. The van der Waals surface area contributed by atoms with Gasteiger partial charge in [-0.3, -0.25) is 0 Å². The molecule has 1 aliphatic heterocycles. The number of nitrogens with zero attached hydrogens (tertiary/aromatic N) is 3. The van der Waals surface area contributed by atoms with E-state index < -0.39 is 0 Å². The summed E-state index contributed by atoms with van der Waals surface area (Å²) in [7, 11) is 2.12. The molecule has 1 atom stereocenters. The summed E-state index contributed by atoms with van der Waals surface area (Å²) in [5.74, 6) is 0.560. The highest BCUT2D eigenvalue weighted by atomic mass is 16.5. The summed E-state index contributed by atoms with van der Waals surface area (Å²) in [5, 5.41) is 11.6. The van der Waals surface area contributed by atoms with Crippen LogP contribution < -0.4 is 10.5 Å². The average molecular weight is 264 g/mol. The van der Waals surface area contributed by atoms with Crippen molar-refractivity contribution in [2.45, 2.75) is 25.3 Å². The second kappa shape index (κ2) is 6.38. The number of amidine groups is 1. The molecule has 0 aliphatic carbocycles. The summed E-state index contributed by atoms with van der Waals surface area (Å²) < 4.78 is 5.71. The summed E-state index contributed by atoms with van der Waals surface area (Å²) in [6, 6.07) is 3.79. The molecule has 1 unspecified atom stereocenters. The standard InChI is InChI=1S/C13H20N4O2/c1-17-7-3-2-4-11(17)9-19-12-8-10(5-6-15-12)13(14)16-18/h5-6,8,11,18H,2-4,7,9H2,1H3,(H2,14,16). The van der Waals surface area contributed by atoms with Crippen molar-refractivity contribution < 1.29 is 9.94 Å². The number of nitrogens with two attached hydrogens (primary N) is 1.